The molecule has 4 rings (SSSR count). The molecule has 0 aromatic carbocycles. The molecule has 2 aromatic heterocycles. The van der Waals surface area contributed by atoms with E-state index in [1.165, 1.54) is 15.8 Å². The molecule has 2 aromatic rings. The van der Waals surface area contributed by atoms with Gasteiger partial charge < -0.3 is 14.5 Å². The van der Waals surface area contributed by atoms with Crippen molar-refractivity contribution in [3.63, 3.8) is 0 Å². The Hall–Kier alpha value is -0.890. The molecular weight excluding hydrogens is 376 g/mol. The molecular formula is C20H30N4OS2. The fourth-order valence-corrected chi connectivity index (χ4v) is 5.72. The van der Waals surface area contributed by atoms with E-state index in [1.54, 1.807) is 23.1 Å². The number of thiophene rings is 1. The van der Waals surface area contributed by atoms with E-state index in [9.17, 15) is 0 Å². The second kappa shape index (κ2) is 7.85. The third-order valence-electron chi connectivity index (χ3n) is 5.45. The lowest BCUT2D eigenvalue weighted by Gasteiger charge is -2.35. The standard InChI is InChI=1S/C20H30N4OS2/c1-5-11-26-19-21-17(24-9-7-23(6-2)8-10-24)16-14-12-20(3,4)25-13-15(14)27-18(16)22-19/h5-13H2,1-4H3. The Kier molecular flexibility index (Phi) is 5.65. The van der Waals surface area contributed by atoms with Crippen LogP contribution in [0.15, 0.2) is 5.16 Å². The van der Waals surface area contributed by atoms with Crippen molar-refractivity contribution in [1.82, 2.24) is 14.9 Å². The summed E-state index contributed by atoms with van der Waals surface area (Å²) in [7, 11) is 0. The Bertz CT molecular complexity index is 812. The summed E-state index contributed by atoms with van der Waals surface area (Å²) in [5.74, 6) is 2.22. The predicted octanol–water partition coefficient (Wildman–Crippen LogP) is 4.19. The van der Waals surface area contributed by atoms with Crippen molar-refractivity contribution in [1.29, 1.82) is 0 Å². The van der Waals surface area contributed by atoms with E-state index in [0.717, 1.165) is 67.1 Å². The fraction of sp³-hybridized carbons (Fsp3) is 0.700. The quantitative estimate of drug-likeness (QED) is 0.548. The van der Waals surface area contributed by atoms with Gasteiger partial charge in [-0.1, -0.05) is 25.6 Å². The second-order valence-corrected chi connectivity index (χ2v) is 10.2. The zero-order valence-electron chi connectivity index (χ0n) is 16.9. The summed E-state index contributed by atoms with van der Waals surface area (Å²) in [4.78, 5) is 17.5. The number of thioether (sulfide) groups is 1. The average Bonchev–Trinajstić information content (AvgIpc) is 3.02. The number of hydrogen-bond acceptors (Lipinski definition) is 7. The number of piperazine rings is 1. The number of nitrogens with zero attached hydrogens (tertiary/aromatic N) is 4. The van der Waals surface area contributed by atoms with Crippen LogP contribution < -0.4 is 4.90 Å². The van der Waals surface area contributed by atoms with Crippen molar-refractivity contribution < 1.29 is 4.74 Å². The van der Waals surface area contributed by atoms with Gasteiger partial charge in [-0.25, -0.2) is 9.97 Å². The van der Waals surface area contributed by atoms with E-state index in [2.05, 4.69) is 37.5 Å². The van der Waals surface area contributed by atoms with Crippen molar-refractivity contribution in [3.8, 4) is 0 Å². The van der Waals surface area contributed by atoms with E-state index in [1.807, 2.05) is 0 Å². The molecule has 0 spiro atoms. The zero-order chi connectivity index (χ0) is 19.0. The first-order chi connectivity index (χ1) is 13.0. The van der Waals surface area contributed by atoms with Gasteiger partial charge in [0.25, 0.3) is 0 Å². The fourth-order valence-electron chi connectivity index (χ4n) is 3.87. The molecule has 27 heavy (non-hydrogen) atoms. The monoisotopic (exact) mass is 406 g/mol. The molecule has 0 amide bonds. The highest BCUT2D eigenvalue weighted by Crippen LogP contribution is 2.42. The highest BCUT2D eigenvalue weighted by atomic mass is 32.2. The topological polar surface area (TPSA) is 41.5 Å². The van der Waals surface area contributed by atoms with Gasteiger partial charge in [-0.15, -0.1) is 11.3 Å². The zero-order valence-corrected chi connectivity index (χ0v) is 18.5. The molecule has 1 fully saturated rings. The van der Waals surface area contributed by atoms with Gasteiger partial charge in [-0.2, -0.15) is 0 Å². The summed E-state index contributed by atoms with van der Waals surface area (Å²) < 4.78 is 6.07. The third-order valence-corrected chi connectivity index (χ3v) is 7.60. The van der Waals surface area contributed by atoms with Crippen LogP contribution in [0.1, 0.15) is 44.6 Å². The minimum absolute atomic E-state index is 0.116. The summed E-state index contributed by atoms with van der Waals surface area (Å²) in [6.45, 7) is 15.0. The summed E-state index contributed by atoms with van der Waals surface area (Å²) in [6.07, 6.45) is 2.08. The molecule has 7 heteroatoms. The second-order valence-electron chi connectivity index (χ2n) is 8.01. The van der Waals surface area contributed by atoms with Gasteiger partial charge in [0, 0.05) is 43.2 Å². The molecule has 0 atom stereocenters. The first-order valence-electron chi connectivity index (χ1n) is 10.1. The molecule has 5 nitrogen and oxygen atoms in total. The number of aromatic nitrogens is 2. The Morgan fingerprint density at radius 2 is 1.93 bits per heavy atom. The maximum absolute atomic E-state index is 6.07. The predicted molar refractivity (Wildman–Crippen MR) is 115 cm³/mol. The lowest BCUT2D eigenvalue weighted by molar-refractivity contribution is -0.0379. The summed E-state index contributed by atoms with van der Waals surface area (Å²) in [6, 6.07) is 0. The summed E-state index contributed by atoms with van der Waals surface area (Å²) >= 11 is 3.59. The molecule has 0 aliphatic carbocycles. The largest absolute Gasteiger partial charge is 0.370 e. The van der Waals surface area contributed by atoms with Gasteiger partial charge in [0.2, 0.25) is 0 Å². The van der Waals surface area contributed by atoms with E-state index >= 15 is 0 Å². The van der Waals surface area contributed by atoms with Crippen LogP contribution in [0.4, 0.5) is 5.82 Å². The molecule has 0 unspecified atom stereocenters. The molecule has 0 N–H and O–H groups in total. The molecule has 1 saturated heterocycles. The smallest absolute Gasteiger partial charge is 0.190 e. The number of fused-ring (bicyclic) bond motifs is 3. The maximum atomic E-state index is 6.07. The van der Waals surface area contributed by atoms with Crippen LogP contribution in [0, 0.1) is 0 Å². The van der Waals surface area contributed by atoms with Gasteiger partial charge in [0.1, 0.15) is 10.6 Å². The minimum atomic E-state index is -0.116. The number of anilines is 1. The van der Waals surface area contributed by atoms with E-state index < -0.39 is 0 Å². The van der Waals surface area contributed by atoms with Crippen LogP contribution >= 0.6 is 23.1 Å². The highest BCUT2D eigenvalue weighted by molar-refractivity contribution is 7.99. The lowest BCUT2D eigenvalue weighted by Crippen LogP contribution is -2.46. The molecule has 2 aliphatic heterocycles. The van der Waals surface area contributed by atoms with Gasteiger partial charge >= 0.3 is 0 Å². The van der Waals surface area contributed by atoms with Crippen LogP contribution in [-0.4, -0.2) is 58.9 Å². The Balaban J connectivity index is 1.77. The summed E-state index contributed by atoms with van der Waals surface area (Å²) in [5.41, 5.74) is 1.31. The normalized spacial score (nSPS) is 20.2. The first kappa shape index (κ1) is 19.4. The number of rotatable bonds is 5. The van der Waals surface area contributed by atoms with E-state index in [4.69, 9.17) is 14.7 Å². The van der Waals surface area contributed by atoms with E-state index in [-0.39, 0.29) is 5.60 Å². The Morgan fingerprint density at radius 3 is 2.63 bits per heavy atom. The Labute approximate surface area is 170 Å². The van der Waals surface area contributed by atoms with Crippen LogP contribution in [0.3, 0.4) is 0 Å². The van der Waals surface area contributed by atoms with Crippen molar-refractivity contribution in [2.24, 2.45) is 0 Å². The molecule has 4 heterocycles. The van der Waals surface area contributed by atoms with Crippen LogP contribution in [0.2, 0.25) is 0 Å². The Morgan fingerprint density at radius 1 is 1.15 bits per heavy atom. The molecule has 0 bridgehead atoms. The first-order valence-corrected chi connectivity index (χ1v) is 11.9. The molecule has 0 saturated carbocycles. The van der Waals surface area contributed by atoms with Crippen LogP contribution in [-0.2, 0) is 17.8 Å². The number of hydrogen-bond donors (Lipinski definition) is 0. The summed E-state index contributed by atoms with van der Waals surface area (Å²) in [5, 5.41) is 2.22. The number of likely N-dealkylation sites (N-methyl/N-ethyl adjacent to an activating group) is 1. The van der Waals surface area contributed by atoms with Gasteiger partial charge in [-0.05, 0) is 32.4 Å². The van der Waals surface area contributed by atoms with Gasteiger partial charge in [0.15, 0.2) is 5.16 Å². The maximum Gasteiger partial charge on any atom is 0.190 e. The molecule has 2 aliphatic rings. The SMILES string of the molecule is CCCSc1nc(N2CCN(CC)CC2)c2c3c(sc2n1)COC(C)(C)C3. The minimum Gasteiger partial charge on any atom is -0.370 e. The van der Waals surface area contributed by atoms with E-state index in [0.29, 0.717) is 6.61 Å². The number of ether oxygens (including phenoxy) is 1. The van der Waals surface area contributed by atoms with Crippen LogP contribution in [0.5, 0.6) is 0 Å². The average molecular weight is 407 g/mol. The van der Waals surface area contributed by atoms with Crippen molar-refractivity contribution >= 4 is 39.1 Å². The molecule has 0 radical (unpaired) electrons. The van der Waals surface area contributed by atoms with Crippen molar-refractivity contribution in [3.05, 3.63) is 10.4 Å². The third kappa shape index (κ3) is 3.97. The van der Waals surface area contributed by atoms with Crippen molar-refractivity contribution in [2.45, 2.75) is 57.9 Å². The van der Waals surface area contributed by atoms with Gasteiger partial charge in [0.05, 0.1) is 17.6 Å². The van der Waals surface area contributed by atoms with Crippen molar-refractivity contribution in [2.75, 3.05) is 43.4 Å². The molecule has 148 valence electrons. The van der Waals surface area contributed by atoms with Gasteiger partial charge in [-0.3, -0.25) is 0 Å². The highest BCUT2D eigenvalue weighted by Gasteiger charge is 2.32. The lowest BCUT2D eigenvalue weighted by atomic mass is 9.94. The van der Waals surface area contributed by atoms with Crippen LogP contribution in [0.25, 0.3) is 10.2 Å².